The molecule has 5 heteroatoms. The summed E-state index contributed by atoms with van der Waals surface area (Å²) in [6.45, 7) is 5.30. The Morgan fingerprint density at radius 3 is 3.10 bits per heavy atom. The van der Waals surface area contributed by atoms with E-state index in [4.69, 9.17) is 4.74 Å². The molecule has 0 aliphatic carbocycles. The van der Waals surface area contributed by atoms with Gasteiger partial charge in [-0.3, -0.25) is 4.98 Å². The van der Waals surface area contributed by atoms with Crippen molar-refractivity contribution in [2.45, 2.75) is 19.9 Å². The number of hydrogen-bond acceptors (Lipinski definition) is 5. The van der Waals surface area contributed by atoms with Gasteiger partial charge in [0, 0.05) is 18.7 Å². The molecule has 1 N–H and O–H groups in total. The average molecular weight is 284 g/mol. The topological polar surface area (TPSA) is 50.3 Å². The van der Waals surface area contributed by atoms with E-state index in [1.807, 2.05) is 24.4 Å². The molecular weight excluding hydrogens is 264 g/mol. The van der Waals surface area contributed by atoms with E-state index in [0.29, 0.717) is 6.61 Å². The van der Waals surface area contributed by atoms with Crippen LogP contribution >= 0.6 is 0 Å². The molecule has 0 saturated carbocycles. The van der Waals surface area contributed by atoms with Gasteiger partial charge in [0.2, 0.25) is 0 Å². The number of rotatable bonds is 4. The zero-order valence-electron chi connectivity index (χ0n) is 12.2. The number of para-hydroxylation sites is 1. The Bertz CT molecular complexity index is 602. The summed E-state index contributed by atoms with van der Waals surface area (Å²) in [6, 6.07) is 8.16. The molecule has 0 fully saturated rings. The van der Waals surface area contributed by atoms with Gasteiger partial charge in [-0.2, -0.15) is 0 Å². The van der Waals surface area contributed by atoms with Crippen LogP contribution < -0.4 is 15.0 Å². The molecule has 1 aromatic heterocycles. The third-order valence-electron chi connectivity index (χ3n) is 3.45. The number of aromatic nitrogens is 2. The van der Waals surface area contributed by atoms with E-state index in [9.17, 15) is 0 Å². The number of nitrogens with zero attached hydrogens (tertiary/aromatic N) is 3. The van der Waals surface area contributed by atoms with Crippen LogP contribution in [0.1, 0.15) is 18.9 Å². The molecule has 1 aliphatic rings. The van der Waals surface area contributed by atoms with Gasteiger partial charge in [0.1, 0.15) is 24.0 Å². The molecule has 21 heavy (non-hydrogen) atoms. The highest BCUT2D eigenvalue weighted by molar-refractivity contribution is 5.46. The van der Waals surface area contributed by atoms with Crippen molar-refractivity contribution in [2.75, 3.05) is 29.9 Å². The second-order valence-electron chi connectivity index (χ2n) is 5.07. The van der Waals surface area contributed by atoms with Crippen molar-refractivity contribution >= 4 is 11.6 Å². The van der Waals surface area contributed by atoms with Crippen LogP contribution in [0.3, 0.4) is 0 Å². The van der Waals surface area contributed by atoms with E-state index in [1.54, 1.807) is 6.20 Å². The van der Waals surface area contributed by atoms with Crippen LogP contribution in [0.25, 0.3) is 0 Å². The van der Waals surface area contributed by atoms with E-state index >= 15 is 0 Å². The maximum atomic E-state index is 5.79. The van der Waals surface area contributed by atoms with E-state index in [1.165, 1.54) is 5.56 Å². The molecule has 0 spiro atoms. The van der Waals surface area contributed by atoms with E-state index in [0.717, 1.165) is 43.4 Å². The highest BCUT2D eigenvalue weighted by Gasteiger charge is 2.16. The van der Waals surface area contributed by atoms with Crippen molar-refractivity contribution in [3.8, 4) is 5.75 Å². The summed E-state index contributed by atoms with van der Waals surface area (Å²) in [4.78, 5) is 11.1. The molecule has 2 aromatic rings. The van der Waals surface area contributed by atoms with E-state index in [2.05, 4.69) is 33.2 Å². The molecule has 0 atom stereocenters. The number of ether oxygens (including phenoxy) is 1. The number of benzene rings is 1. The minimum atomic E-state index is 0.658. The van der Waals surface area contributed by atoms with E-state index in [-0.39, 0.29) is 0 Å². The zero-order chi connectivity index (χ0) is 14.5. The summed E-state index contributed by atoms with van der Waals surface area (Å²) in [5.41, 5.74) is 1.18. The van der Waals surface area contributed by atoms with Crippen LogP contribution in [0, 0.1) is 0 Å². The lowest BCUT2D eigenvalue weighted by Gasteiger charge is -2.21. The van der Waals surface area contributed by atoms with Crippen molar-refractivity contribution < 1.29 is 4.74 Å². The Morgan fingerprint density at radius 2 is 2.19 bits per heavy atom. The number of fused-ring (bicyclic) bond motifs is 1. The SMILES string of the molecule is CCCNc1cncc(N2CCOc3ccccc3C2)n1. The molecule has 0 amide bonds. The molecule has 0 unspecified atom stereocenters. The second kappa shape index (κ2) is 6.43. The van der Waals surface area contributed by atoms with Gasteiger partial charge in [0.15, 0.2) is 0 Å². The fourth-order valence-corrected chi connectivity index (χ4v) is 2.37. The lowest BCUT2D eigenvalue weighted by atomic mass is 10.2. The first-order valence-electron chi connectivity index (χ1n) is 7.38. The Balaban J connectivity index is 1.80. The van der Waals surface area contributed by atoms with Gasteiger partial charge in [-0.1, -0.05) is 25.1 Å². The highest BCUT2D eigenvalue weighted by Crippen LogP contribution is 2.25. The summed E-state index contributed by atoms with van der Waals surface area (Å²) in [7, 11) is 0. The third-order valence-corrected chi connectivity index (χ3v) is 3.45. The maximum absolute atomic E-state index is 5.79. The second-order valence-corrected chi connectivity index (χ2v) is 5.07. The molecule has 3 rings (SSSR count). The maximum Gasteiger partial charge on any atom is 0.149 e. The summed E-state index contributed by atoms with van der Waals surface area (Å²) >= 11 is 0. The highest BCUT2D eigenvalue weighted by atomic mass is 16.5. The Morgan fingerprint density at radius 1 is 1.29 bits per heavy atom. The predicted octanol–water partition coefficient (Wildman–Crippen LogP) is 2.70. The summed E-state index contributed by atoms with van der Waals surface area (Å²) in [6.07, 6.45) is 4.64. The quantitative estimate of drug-likeness (QED) is 0.935. The van der Waals surface area contributed by atoms with Gasteiger partial charge in [-0.15, -0.1) is 0 Å². The summed E-state index contributed by atoms with van der Waals surface area (Å²) in [5, 5.41) is 3.28. The predicted molar refractivity (Wildman–Crippen MR) is 83.8 cm³/mol. The molecule has 0 radical (unpaired) electrons. The van der Waals surface area contributed by atoms with Crippen molar-refractivity contribution in [1.82, 2.24) is 9.97 Å². The summed E-state index contributed by atoms with van der Waals surface area (Å²) in [5.74, 6) is 2.68. The standard InChI is InChI=1S/C16H20N4O/c1-2-7-18-15-10-17-11-16(19-15)20-8-9-21-14-6-4-3-5-13(14)12-20/h3-6,10-11H,2,7-9,12H2,1H3,(H,18,19). The zero-order valence-corrected chi connectivity index (χ0v) is 12.2. The number of nitrogens with one attached hydrogen (secondary N) is 1. The van der Waals surface area contributed by atoms with Crippen molar-refractivity contribution in [3.63, 3.8) is 0 Å². The van der Waals surface area contributed by atoms with Crippen molar-refractivity contribution in [1.29, 1.82) is 0 Å². The van der Waals surface area contributed by atoms with Gasteiger partial charge in [0.05, 0.1) is 18.9 Å². The van der Waals surface area contributed by atoms with Crippen LogP contribution in [-0.2, 0) is 6.54 Å². The smallest absolute Gasteiger partial charge is 0.149 e. The molecule has 1 aliphatic heterocycles. The minimum absolute atomic E-state index is 0.658. The monoisotopic (exact) mass is 284 g/mol. The minimum Gasteiger partial charge on any atom is -0.491 e. The molecule has 5 nitrogen and oxygen atoms in total. The van der Waals surface area contributed by atoms with Gasteiger partial charge < -0.3 is 15.0 Å². The van der Waals surface area contributed by atoms with Gasteiger partial charge in [-0.05, 0) is 12.5 Å². The van der Waals surface area contributed by atoms with Crippen LogP contribution in [0.2, 0.25) is 0 Å². The average Bonchev–Trinajstić information content (AvgIpc) is 2.75. The Labute approximate surface area is 125 Å². The largest absolute Gasteiger partial charge is 0.491 e. The van der Waals surface area contributed by atoms with Crippen LogP contribution in [0.15, 0.2) is 36.7 Å². The fourth-order valence-electron chi connectivity index (χ4n) is 2.37. The molecule has 0 saturated heterocycles. The first-order valence-corrected chi connectivity index (χ1v) is 7.38. The number of hydrogen-bond donors (Lipinski definition) is 1. The molecule has 2 heterocycles. The van der Waals surface area contributed by atoms with Crippen molar-refractivity contribution in [2.24, 2.45) is 0 Å². The third kappa shape index (κ3) is 3.24. The number of anilines is 2. The lowest BCUT2D eigenvalue weighted by molar-refractivity contribution is 0.331. The summed E-state index contributed by atoms with van der Waals surface area (Å²) < 4.78 is 5.79. The normalized spacial score (nSPS) is 14.0. The fraction of sp³-hybridized carbons (Fsp3) is 0.375. The molecule has 1 aromatic carbocycles. The van der Waals surface area contributed by atoms with Gasteiger partial charge in [0.25, 0.3) is 0 Å². The molecule has 110 valence electrons. The lowest BCUT2D eigenvalue weighted by Crippen LogP contribution is -2.26. The van der Waals surface area contributed by atoms with E-state index < -0.39 is 0 Å². The molecular formula is C16H20N4O. The van der Waals surface area contributed by atoms with Gasteiger partial charge in [-0.25, -0.2) is 4.98 Å². The first-order chi connectivity index (χ1) is 10.4. The first kappa shape index (κ1) is 13.7. The van der Waals surface area contributed by atoms with Gasteiger partial charge >= 0.3 is 0 Å². The van der Waals surface area contributed by atoms with Crippen molar-refractivity contribution in [3.05, 3.63) is 42.2 Å². The molecule has 0 bridgehead atoms. The Hall–Kier alpha value is -2.30. The van der Waals surface area contributed by atoms with Crippen LogP contribution in [0.4, 0.5) is 11.6 Å². The Kier molecular flexibility index (Phi) is 4.19. The van der Waals surface area contributed by atoms with Crippen LogP contribution in [0.5, 0.6) is 5.75 Å². The van der Waals surface area contributed by atoms with Crippen LogP contribution in [-0.4, -0.2) is 29.7 Å².